The van der Waals surface area contributed by atoms with Gasteiger partial charge in [0.25, 0.3) is 6.02 Å². The largest absolute Gasteiger partial charge is 0.462 e. The van der Waals surface area contributed by atoms with Gasteiger partial charge >= 0.3 is 0 Å². The van der Waals surface area contributed by atoms with E-state index in [1.807, 2.05) is 6.07 Å². The van der Waals surface area contributed by atoms with Crippen LogP contribution < -0.4 is 0 Å². The molecule has 3 nitrogen and oxygen atoms in total. The van der Waals surface area contributed by atoms with Crippen LogP contribution in [-0.4, -0.2) is 30.6 Å². The number of hydrogen-bond donors (Lipinski definition) is 0. The highest BCUT2D eigenvalue weighted by molar-refractivity contribution is 5.75. The lowest BCUT2D eigenvalue weighted by atomic mass is 10.1. The van der Waals surface area contributed by atoms with Crippen molar-refractivity contribution in [3.63, 3.8) is 0 Å². The van der Waals surface area contributed by atoms with Crippen molar-refractivity contribution in [2.24, 2.45) is 4.99 Å². The highest BCUT2D eigenvalue weighted by Gasteiger charge is 2.23. The van der Waals surface area contributed by atoms with E-state index in [1.165, 1.54) is 5.56 Å². The van der Waals surface area contributed by atoms with Crippen LogP contribution in [0.3, 0.4) is 0 Å². The number of rotatable bonds is 5. The molecule has 0 radical (unpaired) electrons. The van der Waals surface area contributed by atoms with Gasteiger partial charge in [-0.1, -0.05) is 44.2 Å². The van der Waals surface area contributed by atoms with Crippen molar-refractivity contribution in [2.45, 2.75) is 32.7 Å². The molecule has 1 aromatic rings. The summed E-state index contributed by atoms with van der Waals surface area (Å²) in [6.45, 7) is 7.09. The van der Waals surface area contributed by atoms with Gasteiger partial charge in [-0.3, -0.25) is 0 Å². The second kappa shape index (κ2) is 6.43. The molecule has 0 amide bonds. The summed E-state index contributed by atoms with van der Waals surface area (Å²) in [5.74, 6) is 0. The fraction of sp³-hybridized carbons (Fsp3) is 0.533. The minimum absolute atomic E-state index is 0.164. The van der Waals surface area contributed by atoms with Gasteiger partial charge in [0, 0.05) is 13.1 Å². The summed E-state index contributed by atoms with van der Waals surface area (Å²) in [6, 6.07) is 11.4. The highest BCUT2D eigenvalue weighted by atomic mass is 16.5. The monoisotopic (exact) mass is 246 g/mol. The Morgan fingerprint density at radius 3 is 2.44 bits per heavy atom. The molecule has 1 aliphatic rings. The summed E-state index contributed by atoms with van der Waals surface area (Å²) in [7, 11) is 0. The van der Waals surface area contributed by atoms with Gasteiger partial charge in [0.2, 0.25) is 0 Å². The van der Waals surface area contributed by atoms with Crippen molar-refractivity contribution in [3.05, 3.63) is 35.9 Å². The molecule has 1 heterocycles. The van der Waals surface area contributed by atoms with E-state index >= 15 is 0 Å². The van der Waals surface area contributed by atoms with Crippen molar-refractivity contribution in [3.8, 4) is 0 Å². The molecule has 1 unspecified atom stereocenters. The molecule has 1 aliphatic heterocycles. The zero-order valence-corrected chi connectivity index (χ0v) is 11.3. The minimum Gasteiger partial charge on any atom is -0.462 e. The number of amidine groups is 1. The van der Waals surface area contributed by atoms with Crippen LogP contribution in [0.25, 0.3) is 0 Å². The lowest BCUT2D eigenvalue weighted by molar-refractivity contribution is 0.250. The van der Waals surface area contributed by atoms with Crippen LogP contribution >= 0.6 is 0 Å². The van der Waals surface area contributed by atoms with Crippen LogP contribution in [0.1, 0.15) is 38.3 Å². The Bertz CT molecular complexity index is 383. The van der Waals surface area contributed by atoms with E-state index in [4.69, 9.17) is 9.73 Å². The van der Waals surface area contributed by atoms with E-state index in [0.29, 0.717) is 6.61 Å². The van der Waals surface area contributed by atoms with Crippen molar-refractivity contribution < 1.29 is 4.74 Å². The Balaban J connectivity index is 2.06. The fourth-order valence-electron chi connectivity index (χ4n) is 2.22. The first kappa shape index (κ1) is 12.9. The van der Waals surface area contributed by atoms with E-state index in [2.05, 4.69) is 43.0 Å². The molecule has 0 N–H and O–H groups in total. The van der Waals surface area contributed by atoms with Crippen LogP contribution in [-0.2, 0) is 4.74 Å². The zero-order chi connectivity index (χ0) is 12.8. The predicted molar refractivity (Wildman–Crippen MR) is 74.7 cm³/mol. The average Bonchev–Trinajstić information content (AvgIpc) is 2.89. The molecule has 2 rings (SSSR count). The Kier molecular flexibility index (Phi) is 4.62. The van der Waals surface area contributed by atoms with Gasteiger partial charge in [0.1, 0.15) is 12.6 Å². The van der Waals surface area contributed by atoms with E-state index in [-0.39, 0.29) is 6.04 Å². The SMILES string of the molecule is CCCN(CCC)C1=NC(c2ccccc2)CO1. The summed E-state index contributed by atoms with van der Waals surface area (Å²) in [5, 5.41) is 0. The van der Waals surface area contributed by atoms with Gasteiger partial charge < -0.3 is 9.64 Å². The molecule has 3 heteroatoms. The second-order valence-corrected chi connectivity index (χ2v) is 4.64. The molecular weight excluding hydrogens is 224 g/mol. The lowest BCUT2D eigenvalue weighted by Gasteiger charge is -2.21. The topological polar surface area (TPSA) is 24.8 Å². The molecule has 0 saturated carbocycles. The minimum atomic E-state index is 0.164. The Morgan fingerprint density at radius 1 is 1.17 bits per heavy atom. The van der Waals surface area contributed by atoms with E-state index in [9.17, 15) is 0 Å². The summed E-state index contributed by atoms with van der Waals surface area (Å²) < 4.78 is 5.76. The van der Waals surface area contributed by atoms with E-state index in [0.717, 1.165) is 32.0 Å². The Morgan fingerprint density at radius 2 is 1.83 bits per heavy atom. The molecule has 18 heavy (non-hydrogen) atoms. The van der Waals surface area contributed by atoms with Gasteiger partial charge in [-0.25, -0.2) is 4.99 Å². The highest BCUT2D eigenvalue weighted by Crippen LogP contribution is 2.23. The molecule has 1 aromatic carbocycles. The molecule has 0 spiro atoms. The van der Waals surface area contributed by atoms with Crippen LogP contribution in [0.2, 0.25) is 0 Å². The predicted octanol–water partition coefficient (Wildman–Crippen LogP) is 3.24. The lowest BCUT2D eigenvalue weighted by Crippen LogP contribution is -2.32. The summed E-state index contributed by atoms with van der Waals surface area (Å²) in [4.78, 5) is 6.97. The normalized spacial score (nSPS) is 18.3. The molecule has 0 bridgehead atoms. The molecule has 0 aliphatic carbocycles. The van der Waals surface area contributed by atoms with Crippen LogP contribution in [0, 0.1) is 0 Å². The first-order chi connectivity index (χ1) is 8.85. The summed E-state index contributed by atoms with van der Waals surface area (Å²) in [5.41, 5.74) is 1.24. The number of aliphatic imine (C=N–C) groups is 1. The maximum atomic E-state index is 5.76. The Hall–Kier alpha value is -1.51. The maximum Gasteiger partial charge on any atom is 0.288 e. The van der Waals surface area contributed by atoms with Crippen LogP contribution in [0.15, 0.2) is 35.3 Å². The number of benzene rings is 1. The summed E-state index contributed by atoms with van der Waals surface area (Å²) >= 11 is 0. The smallest absolute Gasteiger partial charge is 0.288 e. The number of ether oxygens (including phenoxy) is 1. The third kappa shape index (κ3) is 3.03. The third-order valence-electron chi connectivity index (χ3n) is 3.08. The first-order valence-electron chi connectivity index (χ1n) is 6.85. The second-order valence-electron chi connectivity index (χ2n) is 4.64. The molecule has 0 aromatic heterocycles. The number of hydrogen-bond acceptors (Lipinski definition) is 3. The van der Waals surface area contributed by atoms with Gasteiger partial charge in [-0.2, -0.15) is 0 Å². The van der Waals surface area contributed by atoms with E-state index < -0.39 is 0 Å². The van der Waals surface area contributed by atoms with Crippen LogP contribution in [0.4, 0.5) is 0 Å². The van der Waals surface area contributed by atoms with E-state index in [1.54, 1.807) is 0 Å². The van der Waals surface area contributed by atoms with Gasteiger partial charge in [-0.05, 0) is 18.4 Å². The van der Waals surface area contributed by atoms with Crippen molar-refractivity contribution in [1.82, 2.24) is 4.90 Å². The third-order valence-corrected chi connectivity index (χ3v) is 3.08. The van der Waals surface area contributed by atoms with Gasteiger partial charge in [0.15, 0.2) is 0 Å². The average molecular weight is 246 g/mol. The standard InChI is InChI=1S/C15H22N2O/c1-3-10-17(11-4-2)15-16-14(12-18-15)13-8-6-5-7-9-13/h5-9,14H,3-4,10-12H2,1-2H3. The zero-order valence-electron chi connectivity index (χ0n) is 11.3. The number of nitrogens with zero attached hydrogens (tertiary/aromatic N) is 2. The quantitative estimate of drug-likeness (QED) is 0.796. The van der Waals surface area contributed by atoms with Gasteiger partial charge in [-0.15, -0.1) is 0 Å². The maximum absolute atomic E-state index is 5.76. The first-order valence-corrected chi connectivity index (χ1v) is 6.85. The van der Waals surface area contributed by atoms with Crippen LogP contribution in [0.5, 0.6) is 0 Å². The van der Waals surface area contributed by atoms with Crippen molar-refractivity contribution >= 4 is 6.02 Å². The van der Waals surface area contributed by atoms with Crippen molar-refractivity contribution in [1.29, 1.82) is 0 Å². The summed E-state index contributed by atoms with van der Waals surface area (Å²) in [6.07, 6.45) is 2.25. The molecule has 1 atom stereocenters. The van der Waals surface area contributed by atoms with Gasteiger partial charge in [0.05, 0.1) is 0 Å². The fourth-order valence-corrected chi connectivity index (χ4v) is 2.22. The molecular formula is C15H22N2O. The van der Waals surface area contributed by atoms with Crippen molar-refractivity contribution in [2.75, 3.05) is 19.7 Å². The molecule has 98 valence electrons. The molecule has 0 saturated heterocycles. The Labute approximate surface area is 109 Å². The molecule has 0 fully saturated rings.